The van der Waals surface area contributed by atoms with Crippen LogP contribution in [0.3, 0.4) is 0 Å². The molecule has 124 valence electrons. The highest BCUT2D eigenvalue weighted by molar-refractivity contribution is 5.79. The van der Waals surface area contributed by atoms with Crippen molar-refractivity contribution in [2.75, 3.05) is 13.7 Å². The van der Waals surface area contributed by atoms with E-state index in [4.69, 9.17) is 4.74 Å². The first-order valence-corrected chi connectivity index (χ1v) is 8.78. The summed E-state index contributed by atoms with van der Waals surface area (Å²) in [7, 11) is 1.77. The Morgan fingerprint density at radius 2 is 2.00 bits per heavy atom. The minimum absolute atomic E-state index is 0.431. The van der Waals surface area contributed by atoms with Gasteiger partial charge in [-0.1, -0.05) is 42.0 Å². The van der Waals surface area contributed by atoms with Gasteiger partial charge in [-0.15, -0.1) is 0 Å². The molecule has 0 heterocycles. The number of rotatable bonds is 7. The number of carbonyl (C=O) groups excluding carboxylic acids is 1. The van der Waals surface area contributed by atoms with Crippen LogP contribution in [-0.2, 0) is 9.53 Å². The Bertz CT molecular complexity index is 542. The summed E-state index contributed by atoms with van der Waals surface area (Å²) in [6.45, 7) is 0.778. The lowest BCUT2D eigenvalue weighted by atomic mass is 9.94. The van der Waals surface area contributed by atoms with Crippen LogP contribution in [0.1, 0.15) is 44.1 Å². The van der Waals surface area contributed by atoms with Crippen LogP contribution in [0, 0.1) is 5.92 Å². The predicted octanol–water partition coefficient (Wildman–Crippen LogP) is 3.60. The molecule has 1 aromatic rings. The standard InChI is InChI=1S/C20H27NO2/c1-23-12-11-16(13-15-5-3-2-4-6-15)19-14-20(19)21-17-7-9-18(22)10-8-17/h2-6,13,17,19-21H,7-12,14H2,1H3. The lowest BCUT2D eigenvalue weighted by Crippen LogP contribution is -2.35. The van der Waals surface area contributed by atoms with E-state index in [1.165, 1.54) is 17.6 Å². The van der Waals surface area contributed by atoms with E-state index in [9.17, 15) is 4.79 Å². The van der Waals surface area contributed by atoms with Crippen molar-refractivity contribution in [3.8, 4) is 0 Å². The van der Waals surface area contributed by atoms with Crippen molar-refractivity contribution in [1.29, 1.82) is 0 Å². The third-order valence-corrected chi connectivity index (χ3v) is 5.01. The average Bonchev–Trinajstić information content (AvgIpc) is 3.34. The summed E-state index contributed by atoms with van der Waals surface area (Å²) in [6.07, 6.45) is 8.08. The number of hydrogen-bond donors (Lipinski definition) is 1. The van der Waals surface area contributed by atoms with Crippen LogP contribution in [0.5, 0.6) is 0 Å². The second kappa shape index (κ2) is 7.89. The van der Waals surface area contributed by atoms with Gasteiger partial charge in [0.1, 0.15) is 5.78 Å². The summed E-state index contributed by atoms with van der Waals surface area (Å²) in [5.41, 5.74) is 2.76. The van der Waals surface area contributed by atoms with Crippen LogP contribution in [0.25, 0.3) is 6.08 Å². The topological polar surface area (TPSA) is 38.3 Å². The van der Waals surface area contributed by atoms with Gasteiger partial charge in [0.2, 0.25) is 0 Å². The lowest BCUT2D eigenvalue weighted by molar-refractivity contribution is -0.120. The van der Waals surface area contributed by atoms with Crippen molar-refractivity contribution in [3.63, 3.8) is 0 Å². The molecule has 2 atom stereocenters. The molecule has 2 saturated carbocycles. The second-order valence-corrected chi connectivity index (χ2v) is 6.80. The van der Waals surface area contributed by atoms with Crippen LogP contribution >= 0.6 is 0 Å². The molecule has 0 saturated heterocycles. The Morgan fingerprint density at radius 3 is 2.70 bits per heavy atom. The number of benzene rings is 1. The van der Waals surface area contributed by atoms with E-state index in [0.717, 1.165) is 38.7 Å². The van der Waals surface area contributed by atoms with Crippen molar-refractivity contribution in [2.45, 2.75) is 50.6 Å². The normalized spacial score (nSPS) is 25.6. The molecular formula is C20H27NO2. The van der Waals surface area contributed by atoms with Crippen LogP contribution < -0.4 is 5.32 Å². The molecule has 0 radical (unpaired) electrons. The summed E-state index contributed by atoms with van der Waals surface area (Å²) >= 11 is 0. The van der Waals surface area contributed by atoms with Crippen LogP contribution in [-0.4, -0.2) is 31.6 Å². The third-order valence-electron chi connectivity index (χ3n) is 5.01. The quantitative estimate of drug-likeness (QED) is 0.836. The number of ketones is 1. The van der Waals surface area contributed by atoms with Gasteiger partial charge in [0, 0.05) is 38.6 Å². The molecule has 23 heavy (non-hydrogen) atoms. The molecule has 0 spiro atoms. The van der Waals surface area contributed by atoms with Crippen molar-refractivity contribution >= 4 is 11.9 Å². The maximum atomic E-state index is 11.4. The van der Waals surface area contributed by atoms with Gasteiger partial charge in [-0.25, -0.2) is 0 Å². The van der Waals surface area contributed by atoms with Gasteiger partial charge in [0.25, 0.3) is 0 Å². The molecule has 2 aliphatic carbocycles. The Labute approximate surface area is 139 Å². The molecule has 3 rings (SSSR count). The minimum Gasteiger partial charge on any atom is -0.384 e. The van der Waals surface area contributed by atoms with Gasteiger partial charge >= 0.3 is 0 Å². The molecule has 3 heteroatoms. The maximum Gasteiger partial charge on any atom is 0.133 e. The molecule has 0 bridgehead atoms. The highest BCUT2D eigenvalue weighted by Gasteiger charge is 2.40. The Hall–Kier alpha value is -1.45. The van der Waals surface area contributed by atoms with E-state index >= 15 is 0 Å². The summed E-state index contributed by atoms with van der Waals surface area (Å²) in [5, 5.41) is 3.77. The van der Waals surface area contributed by atoms with Gasteiger partial charge in [0.15, 0.2) is 0 Å². The van der Waals surface area contributed by atoms with Gasteiger partial charge in [-0.2, -0.15) is 0 Å². The number of hydrogen-bond acceptors (Lipinski definition) is 3. The molecule has 1 N–H and O–H groups in total. The van der Waals surface area contributed by atoms with Gasteiger partial charge in [-0.05, 0) is 37.2 Å². The smallest absolute Gasteiger partial charge is 0.133 e. The van der Waals surface area contributed by atoms with Gasteiger partial charge in [0.05, 0.1) is 0 Å². The molecule has 2 unspecified atom stereocenters. The fourth-order valence-electron chi connectivity index (χ4n) is 3.55. The monoisotopic (exact) mass is 313 g/mol. The number of nitrogens with one attached hydrogen (secondary N) is 1. The zero-order chi connectivity index (χ0) is 16.1. The van der Waals surface area contributed by atoms with Gasteiger partial charge in [-0.3, -0.25) is 4.79 Å². The summed E-state index contributed by atoms with van der Waals surface area (Å²) < 4.78 is 5.29. The van der Waals surface area contributed by atoms with Crippen LogP contribution in [0.4, 0.5) is 0 Å². The Morgan fingerprint density at radius 1 is 1.26 bits per heavy atom. The molecule has 3 nitrogen and oxygen atoms in total. The van der Waals surface area contributed by atoms with Crippen molar-refractivity contribution in [3.05, 3.63) is 41.5 Å². The summed E-state index contributed by atoms with van der Waals surface area (Å²) in [6, 6.07) is 11.7. The fraction of sp³-hybridized carbons (Fsp3) is 0.550. The van der Waals surface area contributed by atoms with Crippen LogP contribution in [0.2, 0.25) is 0 Å². The number of ether oxygens (including phenoxy) is 1. The van der Waals surface area contributed by atoms with Crippen LogP contribution in [0.15, 0.2) is 35.9 Å². The third kappa shape index (κ3) is 4.76. The molecular weight excluding hydrogens is 286 g/mol. The van der Waals surface area contributed by atoms with Crippen molar-refractivity contribution in [1.82, 2.24) is 5.32 Å². The number of Topliss-reactive ketones (excluding diaryl/α,β-unsaturated/α-hetero) is 1. The highest BCUT2D eigenvalue weighted by Crippen LogP contribution is 2.40. The molecule has 2 aliphatic rings. The maximum absolute atomic E-state index is 11.4. The van der Waals surface area contributed by atoms with E-state index in [2.05, 4.69) is 41.7 Å². The van der Waals surface area contributed by atoms with E-state index in [1.54, 1.807) is 7.11 Å². The first kappa shape index (κ1) is 16.4. The van der Waals surface area contributed by atoms with Crippen molar-refractivity contribution in [2.24, 2.45) is 5.92 Å². The Kier molecular flexibility index (Phi) is 5.63. The molecule has 1 aromatic carbocycles. The SMILES string of the molecule is COCCC(=Cc1ccccc1)C1CC1NC1CCC(=O)CC1. The van der Waals surface area contributed by atoms with E-state index in [0.29, 0.717) is 23.8 Å². The zero-order valence-electron chi connectivity index (χ0n) is 14.0. The highest BCUT2D eigenvalue weighted by atomic mass is 16.5. The molecule has 0 amide bonds. The molecule has 2 fully saturated rings. The lowest BCUT2D eigenvalue weighted by Gasteiger charge is -2.22. The zero-order valence-corrected chi connectivity index (χ0v) is 14.0. The van der Waals surface area contributed by atoms with E-state index < -0.39 is 0 Å². The van der Waals surface area contributed by atoms with E-state index in [-0.39, 0.29) is 0 Å². The minimum atomic E-state index is 0.431. The summed E-state index contributed by atoms with van der Waals surface area (Å²) in [4.78, 5) is 11.4. The predicted molar refractivity (Wildman–Crippen MR) is 93.2 cm³/mol. The number of methoxy groups -OCH3 is 1. The fourth-order valence-corrected chi connectivity index (χ4v) is 3.55. The summed E-state index contributed by atoms with van der Waals surface area (Å²) in [5.74, 6) is 1.06. The largest absolute Gasteiger partial charge is 0.384 e. The van der Waals surface area contributed by atoms with Gasteiger partial charge < -0.3 is 10.1 Å². The molecule has 0 aromatic heterocycles. The van der Waals surface area contributed by atoms with E-state index in [1.807, 2.05) is 0 Å². The Balaban J connectivity index is 1.58. The molecule has 0 aliphatic heterocycles. The second-order valence-electron chi connectivity index (χ2n) is 6.80. The number of carbonyl (C=O) groups is 1. The first-order valence-electron chi connectivity index (χ1n) is 8.78. The van der Waals surface area contributed by atoms with Crippen molar-refractivity contribution < 1.29 is 9.53 Å². The first-order chi connectivity index (χ1) is 11.3. The average molecular weight is 313 g/mol.